The number of sulfone groups is 1. The summed E-state index contributed by atoms with van der Waals surface area (Å²) in [4.78, 5) is 15.3. The number of hydrogen-bond acceptors (Lipinski definition) is 4. The lowest BCUT2D eigenvalue weighted by molar-refractivity contribution is -0.110. The first-order chi connectivity index (χ1) is 13.8. The molecule has 1 amide bonds. The summed E-state index contributed by atoms with van der Waals surface area (Å²) < 4.78 is 23.5. The summed E-state index contributed by atoms with van der Waals surface area (Å²) in [7, 11) is -3.28. The van der Waals surface area contributed by atoms with Crippen molar-refractivity contribution in [1.29, 1.82) is 0 Å². The molecule has 0 radical (unpaired) electrons. The maximum Gasteiger partial charge on any atom is 0.254 e. The van der Waals surface area contributed by atoms with Gasteiger partial charge < -0.3 is 10.0 Å². The van der Waals surface area contributed by atoms with E-state index in [1.165, 1.54) is 6.26 Å². The van der Waals surface area contributed by atoms with Crippen LogP contribution in [0.1, 0.15) is 48.0 Å². The van der Waals surface area contributed by atoms with Gasteiger partial charge in [-0.1, -0.05) is 43.2 Å². The van der Waals surface area contributed by atoms with E-state index in [2.05, 4.69) is 0 Å². The summed E-state index contributed by atoms with van der Waals surface area (Å²) >= 11 is 0. The molecule has 0 bridgehead atoms. The zero-order chi connectivity index (χ0) is 20.6. The van der Waals surface area contributed by atoms with Gasteiger partial charge in [0.15, 0.2) is 9.84 Å². The number of benzene rings is 2. The molecule has 29 heavy (non-hydrogen) atoms. The summed E-state index contributed by atoms with van der Waals surface area (Å²) in [6.45, 7) is 0.485. The van der Waals surface area contributed by atoms with Crippen LogP contribution in [0, 0.1) is 5.92 Å². The molecule has 0 aromatic heterocycles. The van der Waals surface area contributed by atoms with Crippen molar-refractivity contribution in [3.8, 4) is 0 Å². The summed E-state index contributed by atoms with van der Waals surface area (Å²) in [6.07, 6.45) is 5.44. The first-order valence-corrected chi connectivity index (χ1v) is 12.1. The molecule has 2 aromatic rings. The Labute approximate surface area is 172 Å². The lowest BCUT2D eigenvalue weighted by Gasteiger charge is -2.52. The molecular formula is C23H27NO4S. The van der Waals surface area contributed by atoms with E-state index in [1.807, 2.05) is 35.2 Å². The largest absolute Gasteiger partial charge is 0.385 e. The van der Waals surface area contributed by atoms with Gasteiger partial charge in [0.1, 0.15) is 0 Å². The molecule has 4 rings (SSSR count). The third kappa shape index (κ3) is 3.71. The van der Waals surface area contributed by atoms with E-state index in [-0.39, 0.29) is 22.8 Å². The van der Waals surface area contributed by atoms with Gasteiger partial charge in [0.2, 0.25) is 0 Å². The van der Waals surface area contributed by atoms with Crippen LogP contribution in [0.5, 0.6) is 0 Å². The predicted octanol–water partition coefficient (Wildman–Crippen LogP) is 3.38. The average molecular weight is 414 g/mol. The normalized spacial score (nSPS) is 27.3. The van der Waals surface area contributed by atoms with Crippen LogP contribution in [0.4, 0.5) is 0 Å². The molecule has 3 atom stereocenters. The fraction of sp³-hybridized carbons (Fsp3) is 0.435. The first-order valence-electron chi connectivity index (χ1n) is 10.2. The summed E-state index contributed by atoms with van der Waals surface area (Å²) in [6, 6.07) is 15.9. The monoisotopic (exact) mass is 413 g/mol. The minimum absolute atomic E-state index is 0.00945. The Morgan fingerprint density at radius 1 is 1.03 bits per heavy atom. The highest BCUT2D eigenvalue weighted by atomic mass is 32.2. The van der Waals surface area contributed by atoms with Crippen LogP contribution >= 0.6 is 0 Å². The lowest BCUT2D eigenvalue weighted by atomic mass is 9.66. The Bertz CT molecular complexity index is 987. The standard InChI is InChI=1S/C23H27NO4S/c1-29(27,28)19-13-11-18(12-14-19)23(26)15-16-24(21-10-6-5-9-20(21)23)22(25)17-7-3-2-4-8-17/h2-4,7-8,11-14,20-21,26H,5-6,9-10,15-16H2,1H3/t20-,21-,23?/m0/s1. The molecular weight excluding hydrogens is 386 g/mol. The highest BCUT2D eigenvalue weighted by Crippen LogP contribution is 2.47. The number of hydrogen-bond donors (Lipinski definition) is 1. The summed E-state index contributed by atoms with van der Waals surface area (Å²) in [5, 5.41) is 11.7. The Morgan fingerprint density at radius 2 is 1.69 bits per heavy atom. The highest BCUT2D eigenvalue weighted by molar-refractivity contribution is 7.90. The number of likely N-dealkylation sites (tertiary alicyclic amines) is 1. The highest BCUT2D eigenvalue weighted by Gasteiger charge is 2.50. The maximum absolute atomic E-state index is 13.1. The van der Waals surface area contributed by atoms with E-state index in [0.29, 0.717) is 18.5 Å². The van der Waals surface area contributed by atoms with Gasteiger partial charge in [-0.2, -0.15) is 0 Å². The van der Waals surface area contributed by atoms with Crippen molar-refractivity contribution in [2.45, 2.75) is 48.6 Å². The molecule has 1 saturated carbocycles. The van der Waals surface area contributed by atoms with Crippen molar-refractivity contribution in [3.63, 3.8) is 0 Å². The second kappa shape index (κ2) is 7.58. The fourth-order valence-electron chi connectivity index (χ4n) is 5.03. The van der Waals surface area contributed by atoms with Crippen LogP contribution in [0.25, 0.3) is 0 Å². The van der Waals surface area contributed by atoms with Crippen molar-refractivity contribution < 1.29 is 18.3 Å². The number of carbonyl (C=O) groups excluding carboxylic acids is 1. The SMILES string of the molecule is CS(=O)(=O)c1ccc(C2(O)CCN(C(=O)c3ccccc3)[C@H]3CCCC[C@@H]32)cc1. The lowest BCUT2D eigenvalue weighted by Crippen LogP contribution is -2.59. The van der Waals surface area contributed by atoms with E-state index < -0.39 is 15.4 Å². The summed E-state index contributed by atoms with van der Waals surface area (Å²) in [5.74, 6) is -0.0290. The van der Waals surface area contributed by atoms with Crippen LogP contribution in [0.15, 0.2) is 59.5 Å². The van der Waals surface area contributed by atoms with Crippen molar-refractivity contribution >= 4 is 15.7 Å². The van der Waals surface area contributed by atoms with Crippen LogP contribution < -0.4 is 0 Å². The first kappa shape index (κ1) is 20.1. The van der Waals surface area contributed by atoms with E-state index in [1.54, 1.807) is 24.3 Å². The molecule has 2 aliphatic rings. The van der Waals surface area contributed by atoms with Crippen molar-refractivity contribution in [1.82, 2.24) is 4.90 Å². The molecule has 1 heterocycles. The second-order valence-electron chi connectivity index (χ2n) is 8.29. The average Bonchev–Trinajstić information content (AvgIpc) is 2.74. The van der Waals surface area contributed by atoms with E-state index >= 15 is 0 Å². The zero-order valence-electron chi connectivity index (χ0n) is 16.6. The molecule has 6 heteroatoms. The molecule has 0 spiro atoms. The Morgan fingerprint density at radius 3 is 2.34 bits per heavy atom. The number of amides is 1. The van der Waals surface area contributed by atoms with Crippen molar-refractivity contribution in [2.75, 3.05) is 12.8 Å². The van der Waals surface area contributed by atoms with Crippen molar-refractivity contribution in [2.24, 2.45) is 5.92 Å². The minimum Gasteiger partial charge on any atom is -0.385 e. The predicted molar refractivity (Wildman–Crippen MR) is 111 cm³/mol. The van der Waals surface area contributed by atoms with Gasteiger partial charge in [-0.25, -0.2) is 8.42 Å². The molecule has 2 aromatic carbocycles. The molecule has 2 fully saturated rings. The number of piperidine rings is 1. The Hall–Kier alpha value is -2.18. The van der Waals surface area contributed by atoms with Crippen LogP contribution in [0.2, 0.25) is 0 Å². The van der Waals surface area contributed by atoms with Crippen LogP contribution in [-0.4, -0.2) is 43.2 Å². The third-order valence-electron chi connectivity index (χ3n) is 6.54. The van der Waals surface area contributed by atoms with Gasteiger partial charge in [0.05, 0.1) is 10.5 Å². The smallest absolute Gasteiger partial charge is 0.254 e. The van der Waals surface area contributed by atoms with Gasteiger partial charge in [0, 0.05) is 30.3 Å². The van der Waals surface area contributed by atoms with E-state index in [4.69, 9.17) is 0 Å². The number of nitrogens with zero attached hydrogens (tertiary/aromatic N) is 1. The molecule has 5 nitrogen and oxygen atoms in total. The van der Waals surface area contributed by atoms with Gasteiger partial charge in [-0.3, -0.25) is 4.79 Å². The molecule has 1 N–H and O–H groups in total. The van der Waals surface area contributed by atoms with Gasteiger partial charge >= 0.3 is 0 Å². The van der Waals surface area contributed by atoms with Gasteiger partial charge in [0.25, 0.3) is 5.91 Å². The molecule has 1 unspecified atom stereocenters. The van der Waals surface area contributed by atoms with Gasteiger partial charge in [-0.15, -0.1) is 0 Å². The number of aliphatic hydroxyl groups is 1. The Balaban J connectivity index is 1.65. The van der Waals surface area contributed by atoms with Crippen molar-refractivity contribution in [3.05, 3.63) is 65.7 Å². The maximum atomic E-state index is 13.1. The molecule has 154 valence electrons. The van der Waals surface area contributed by atoms with Gasteiger partial charge in [-0.05, 0) is 49.1 Å². The van der Waals surface area contributed by atoms with E-state index in [9.17, 15) is 18.3 Å². The quantitative estimate of drug-likeness (QED) is 0.837. The Kier molecular flexibility index (Phi) is 5.25. The number of carbonyl (C=O) groups is 1. The molecule has 1 aliphatic heterocycles. The number of rotatable bonds is 3. The van der Waals surface area contributed by atoms with Crippen LogP contribution in [0.3, 0.4) is 0 Å². The molecule has 1 aliphatic carbocycles. The minimum atomic E-state index is -3.28. The van der Waals surface area contributed by atoms with Crippen LogP contribution in [-0.2, 0) is 15.4 Å². The number of fused-ring (bicyclic) bond motifs is 1. The fourth-order valence-corrected chi connectivity index (χ4v) is 5.66. The molecule has 1 saturated heterocycles. The zero-order valence-corrected chi connectivity index (χ0v) is 17.4. The second-order valence-corrected chi connectivity index (χ2v) is 10.3. The van der Waals surface area contributed by atoms with E-state index in [0.717, 1.165) is 31.2 Å². The summed E-state index contributed by atoms with van der Waals surface area (Å²) in [5.41, 5.74) is 0.377. The topological polar surface area (TPSA) is 74.7 Å². The third-order valence-corrected chi connectivity index (χ3v) is 7.67.